The van der Waals surface area contributed by atoms with E-state index in [2.05, 4.69) is 5.32 Å². The van der Waals surface area contributed by atoms with E-state index >= 15 is 0 Å². The molecule has 7 heteroatoms. The third-order valence-electron chi connectivity index (χ3n) is 3.23. The molecule has 0 radical (unpaired) electrons. The van der Waals surface area contributed by atoms with Gasteiger partial charge in [-0.25, -0.2) is 8.42 Å². The molecule has 110 valence electrons. The van der Waals surface area contributed by atoms with Crippen LogP contribution in [0.3, 0.4) is 0 Å². The fourth-order valence-corrected chi connectivity index (χ4v) is 2.51. The third kappa shape index (κ3) is 3.92. The lowest BCUT2D eigenvalue weighted by Gasteiger charge is -2.42. The molecule has 1 rings (SSSR count). The number of rotatable bonds is 3. The van der Waals surface area contributed by atoms with Crippen molar-refractivity contribution < 1.29 is 18.0 Å². The second-order valence-electron chi connectivity index (χ2n) is 6.15. The smallest absolute Gasteiger partial charge is 0.246 e. The fourth-order valence-electron chi connectivity index (χ4n) is 1.98. The summed E-state index contributed by atoms with van der Waals surface area (Å²) in [6, 6.07) is -1.25. The van der Waals surface area contributed by atoms with E-state index in [0.29, 0.717) is 0 Å². The number of sulfone groups is 1. The minimum atomic E-state index is -3.17. The van der Waals surface area contributed by atoms with Gasteiger partial charge in [-0.3, -0.25) is 9.59 Å². The summed E-state index contributed by atoms with van der Waals surface area (Å²) in [5, 5.41) is 2.70. The molecule has 0 aliphatic carbocycles. The molecule has 19 heavy (non-hydrogen) atoms. The highest BCUT2D eigenvalue weighted by molar-refractivity contribution is 7.90. The topological polar surface area (TPSA) is 83.6 Å². The molecule has 2 amide bonds. The van der Waals surface area contributed by atoms with Gasteiger partial charge in [0.2, 0.25) is 11.8 Å². The molecule has 1 aliphatic rings. The number of piperazine rings is 1. The van der Waals surface area contributed by atoms with Crippen LogP contribution in [0, 0.1) is 5.41 Å². The van der Waals surface area contributed by atoms with Gasteiger partial charge in [-0.1, -0.05) is 20.8 Å². The zero-order valence-electron chi connectivity index (χ0n) is 12.1. The molecule has 1 saturated heterocycles. The Morgan fingerprint density at radius 2 is 1.79 bits per heavy atom. The van der Waals surface area contributed by atoms with Crippen LogP contribution < -0.4 is 5.32 Å². The van der Waals surface area contributed by atoms with E-state index in [4.69, 9.17) is 0 Å². The van der Waals surface area contributed by atoms with Crippen LogP contribution >= 0.6 is 0 Å². The Hall–Kier alpha value is -1.11. The SMILES string of the molecule is CC1C(=O)NC(C(C)(C)C)C(=O)N1CCS(C)(=O)=O. The van der Waals surface area contributed by atoms with Crippen molar-refractivity contribution in [1.29, 1.82) is 0 Å². The summed E-state index contributed by atoms with van der Waals surface area (Å²) in [7, 11) is -3.17. The average molecular weight is 290 g/mol. The first kappa shape index (κ1) is 15.9. The molecule has 6 nitrogen and oxygen atoms in total. The minimum absolute atomic E-state index is 0.0544. The maximum atomic E-state index is 12.4. The number of carbonyl (C=O) groups is 2. The Morgan fingerprint density at radius 1 is 1.26 bits per heavy atom. The second-order valence-corrected chi connectivity index (χ2v) is 8.40. The highest BCUT2D eigenvalue weighted by Gasteiger charge is 2.43. The molecule has 1 N–H and O–H groups in total. The summed E-state index contributed by atoms with van der Waals surface area (Å²) in [5.74, 6) is -0.594. The molecule has 0 aromatic carbocycles. The molecule has 0 aromatic rings. The highest BCUT2D eigenvalue weighted by Crippen LogP contribution is 2.24. The normalized spacial score (nSPS) is 25.4. The van der Waals surface area contributed by atoms with E-state index in [1.165, 1.54) is 4.90 Å². The summed E-state index contributed by atoms with van der Waals surface area (Å²) in [6.07, 6.45) is 1.12. The van der Waals surface area contributed by atoms with Gasteiger partial charge in [-0.2, -0.15) is 0 Å². The predicted octanol–water partition coefficient (Wildman–Crippen LogP) is -0.207. The lowest BCUT2D eigenvalue weighted by Crippen LogP contribution is -2.66. The minimum Gasteiger partial charge on any atom is -0.342 e. The van der Waals surface area contributed by atoms with Gasteiger partial charge >= 0.3 is 0 Å². The van der Waals surface area contributed by atoms with Crippen LogP contribution in [0.1, 0.15) is 27.7 Å². The third-order valence-corrected chi connectivity index (χ3v) is 4.16. The van der Waals surface area contributed by atoms with Gasteiger partial charge in [0, 0.05) is 12.8 Å². The summed E-state index contributed by atoms with van der Waals surface area (Å²) in [4.78, 5) is 25.6. The maximum Gasteiger partial charge on any atom is 0.246 e. The van der Waals surface area contributed by atoms with Crippen LogP contribution in [0.25, 0.3) is 0 Å². The van der Waals surface area contributed by atoms with Crippen LogP contribution in [-0.4, -0.2) is 55.8 Å². The first-order chi connectivity index (χ1) is 8.43. The number of amides is 2. The number of hydrogen-bond donors (Lipinski definition) is 1. The van der Waals surface area contributed by atoms with Crippen molar-refractivity contribution in [2.75, 3.05) is 18.6 Å². The van der Waals surface area contributed by atoms with Gasteiger partial charge in [-0.05, 0) is 12.3 Å². The van der Waals surface area contributed by atoms with Gasteiger partial charge in [0.25, 0.3) is 0 Å². The fraction of sp³-hybridized carbons (Fsp3) is 0.833. The number of nitrogens with one attached hydrogen (secondary N) is 1. The quantitative estimate of drug-likeness (QED) is 0.780. The molecule has 0 spiro atoms. The number of nitrogens with zero attached hydrogens (tertiary/aromatic N) is 1. The van der Waals surface area contributed by atoms with Crippen molar-refractivity contribution in [2.24, 2.45) is 5.41 Å². The van der Waals surface area contributed by atoms with Crippen molar-refractivity contribution in [3.05, 3.63) is 0 Å². The molecule has 1 aliphatic heterocycles. The number of carbonyl (C=O) groups excluding carboxylic acids is 2. The molecule has 1 fully saturated rings. The molecular weight excluding hydrogens is 268 g/mol. The molecule has 0 saturated carbocycles. The van der Waals surface area contributed by atoms with Gasteiger partial charge < -0.3 is 10.2 Å². The summed E-state index contributed by atoms with van der Waals surface area (Å²) >= 11 is 0. The standard InChI is InChI=1S/C12H22N2O4S/c1-8-10(15)13-9(12(2,3)4)11(16)14(8)6-7-19(5,17)18/h8-9H,6-7H2,1-5H3,(H,13,15). The maximum absolute atomic E-state index is 12.4. The molecule has 2 unspecified atom stereocenters. The molecule has 1 heterocycles. The molecule has 0 aromatic heterocycles. The Bertz CT molecular complexity index is 478. The predicted molar refractivity (Wildman–Crippen MR) is 72.3 cm³/mol. The monoisotopic (exact) mass is 290 g/mol. The van der Waals surface area contributed by atoms with Gasteiger partial charge in [0.15, 0.2) is 0 Å². The van der Waals surface area contributed by atoms with Crippen LogP contribution in [0.4, 0.5) is 0 Å². The second kappa shape index (κ2) is 5.11. The average Bonchev–Trinajstić information content (AvgIpc) is 2.20. The van der Waals surface area contributed by atoms with Gasteiger partial charge in [-0.15, -0.1) is 0 Å². The molecule has 0 bridgehead atoms. The zero-order valence-corrected chi connectivity index (χ0v) is 12.9. The largest absolute Gasteiger partial charge is 0.342 e. The van der Waals surface area contributed by atoms with Crippen LogP contribution in [0.15, 0.2) is 0 Å². The highest BCUT2D eigenvalue weighted by atomic mass is 32.2. The Balaban J connectivity index is 2.94. The van der Waals surface area contributed by atoms with Crippen molar-refractivity contribution in [3.8, 4) is 0 Å². The first-order valence-corrected chi connectivity index (χ1v) is 8.28. The lowest BCUT2D eigenvalue weighted by atomic mass is 9.84. The number of hydrogen-bond acceptors (Lipinski definition) is 4. The summed E-state index contributed by atoms with van der Waals surface area (Å²) < 4.78 is 22.4. The van der Waals surface area contributed by atoms with Crippen molar-refractivity contribution in [2.45, 2.75) is 39.8 Å². The van der Waals surface area contributed by atoms with E-state index in [0.717, 1.165) is 6.26 Å². The van der Waals surface area contributed by atoms with Crippen molar-refractivity contribution >= 4 is 21.7 Å². The van der Waals surface area contributed by atoms with E-state index in [9.17, 15) is 18.0 Å². The first-order valence-electron chi connectivity index (χ1n) is 6.22. The summed E-state index contributed by atoms with van der Waals surface area (Å²) in [5.41, 5.74) is -0.407. The van der Waals surface area contributed by atoms with E-state index in [1.54, 1.807) is 6.92 Å². The van der Waals surface area contributed by atoms with Crippen LogP contribution in [-0.2, 0) is 19.4 Å². The Morgan fingerprint density at radius 3 is 2.21 bits per heavy atom. The van der Waals surface area contributed by atoms with E-state index in [1.807, 2.05) is 20.8 Å². The van der Waals surface area contributed by atoms with Crippen LogP contribution in [0.2, 0.25) is 0 Å². The Kier molecular flexibility index (Phi) is 4.29. The molecule has 2 atom stereocenters. The van der Waals surface area contributed by atoms with Crippen LogP contribution in [0.5, 0.6) is 0 Å². The Labute approximate surface area is 114 Å². The van der Waals surface area contributed by atoms with Gasteiger partial charge in [0.05, 0.1) is 5.75 Å². The van der Waals surface area contributed by atoms with Crippen molar-refractivity contribution in [1.82, 2.24) is 10.2 Å². The lowest BCUT2D eigenvalue weighted by molar-refractivity contribution is -0.151. The summed E-state index contributed by atoms with van der Waals surface area (Å²) in [6.45, 7) is 7.24. The van der Waals surface area contributed by atoms with E-state index < -0.39 is 27.3 Å². The van der Waals surface area contributed by atoms with Gasteiger partial charge in [0.1, 0.15) is 21.9 Å². The molecular formula is C12H22N2O4S. The zero-order chi connectivity index (χ0) is 15.0. The van der Waals surface area contributed by atoms with Crippen molar-refractivity contribution in [3.63, 3.8) is 0 Å². The van der Waals surface area contributed by atoms with E-state index in [-0.39, 0.29) is 24.1 Å².